The molecule has 1 aromatic heterocycles. The van der Waals surface area contributed by atoms with Crippen molar-refractivity contribution in [2.24, 2.45) is 0 Å². The van der Waals surface area contributed by atoms with Crippen molar-refractivity contribution in [3.63, 3.8) is 0 Å². The Morgan fingerprint density at radius 1 is 1.12 bits per heavy atom. The number of para-hydroxylation sites is 1. The van der Waals surface area contributed by atoms with Gasteiger partial charge in [0.15, 0.2) is 0 Å². The molecule has 3 aliphatic rings. The molecule has 0 bridgehead atoms. The number of amides is 1. The number of hydrogen-bond donors (Lipinski definition) is 0. The molecular weight excluding hydrogens is 344 g/mol. The Bertz CT molecular complexity index is 825. The summed E-state index contributed by atoms with van der Waals surface area (Å²) in [5.74, 6) is 1.12. The Labute approximate surface area is 158 Å². The molecule has 0 unspecified atom stereocenters. The highest BCUT2D eigenvalue weighted by atomic mass is 32.1. The first-order valence-electron chi connectivity index (χ1n) is 9.68. The minimum absolute atomic E-state index is 0.200. The largest absolute Gasteiger partial charge is 0.488 e. The SMILES string of the molecule is O=C(c1cc2c(s1)-c1ccccc1OC2)N1CCC[C@H](N2CCCC2)C1. The van der Waals surface area contributed by atoms with E-state index >= 15 is 0 Å². The topological polar surface area (TPSA) is 32.8 Å². The molecule has 1 aromatic carbocycles. The second kappa shape index (κ2) is 6.71. The highest BCUT2D eigenvalue weighted by molar-refractivity contribution is 7.17. The van der Waals surface area contributed by atoms with Crippen molar-refractivity contribution in [2.75, 3.05) is 26.2 Å². The predicted octanol–water partition coefficient (Wildman–Crippen LogP) is 4.01. The van der Waals surface area contributed by atoms with Crippen LogP contribution < -0.4 is 4.74 Å². The van der Waals surface area contributed by atoms with E-state index in [2.05, 4.69) is 21.9 Å². The number of nitrogens with zero attached hydrogens (tertiary/aromatic N) is 2. The number of hydrogen-bond acceptors (Lipinski definition) is 4. The summed E-state index contributed by atoms with van der Waals surface area (Å²) in [4.78, 5) is 19.9. The zero-order valence-electron chi connectivity index (χ0n) is 14.9. The van der Waals surface area contributed by atoms with Crippen LogP contribution in [0, 0.1) is 0 Å². The third-order valence-corrected chi connectivity index (χ3v) is 7.07. The summed E-state index contributed by atoms with van der Waals surface area (Å²) in [6.07, 6.45) is 4.96. The second-order valence-corrected chi connectivity index (χ2v) is 8.59. The van der Waals surface area contributed by atoms with E-state index in [0.29, 0.717) is 12.6 Å². The standard InChI is InChI=1S/C21H24N2O2S/c24-21(23-11-5-6-16(13-23)22-9-3-4-10-22)19-12-15-14-25-18-8-2-1-7-17(18)20(15)26-19/h1-2,7-8,12,16H,3-6,9-11,13-14H2/t16-/m0/s1. The third kappa shape index (κ3) is 2.83. The van der Waals surface area contributed by atoms with Crippen molar-refractivity contribution in [2.45, 2.75) is 38.3 Å². The lowest BCUT2D eigenvalue weighted by Gasteiger charge is -2.37. The van der Waals surface area contributed by atoms with Gasteiger partial charge in [-0.15, -0.1) is 11.3 Å². The quantitative estimate of drug-likeness (QED) is 0.803. The van der Waals surface area contributed by atoms with Gasteiger partial charge in [0.25, 0.3) is 5.91 Å². The number of rotatable bonds is 2. The first-order valence-corrected chi connectivity index (χ1v) is 10.5. The van der Waals surface area contributed by atoms with E-state index in [0.717, 1.165) is 41.3 Å². The van der Waals surface area contributed by atoms with Gasteiger partial charge in [0.1, 0.15) is 12.4 Å². The van der Waals surface area contributed by atoms with Crippen molar-refractivity contribution in [1.29, 1.82) is 0 Å². The van der Waals surface area contributed by atoms with Gasteiger partial charge >= 0.3 is 0 Å². The highest BCUT2D eigenvalue weighted by Crippen LogP contribution is 2.42. The molecule has 2 fully saturated rings. The van der Waals surface area contributed by atoms with Crippen molar-refractivity contribution in [1.82, 2.24) is 9.80 Å². The van der Waals surface area contributed by atoms with Crippen LogP contribution in [0.4, 0.5) is 0 Å². The Kier molecular flexibility index (Phi) is 4.21. The number of carbonyl (C=O) groups excluding carboxylic acids is 1. The smallest absolute Gasteiger partial charge is 0.264 e. The molecule has 5 heteroatoms. The van der Waals surface area contributed by atoms with E-state index in [-0.39, 0.29) is 5.91 Å². The molecule has 1 amide bonds. The molecule has 136 valence electrons. The highest BCUT2D eigenvalue weighted by Gasteiger charge is 2.31. The lowest BCUT2D eigenvalue weighted by atomic mass is 10.0. The molecule has 1 atom stereocenters. The molecule has 4 heterocycles. The second-order valence-electron chi connectivity index (χ2n) is 7.54. The molecule has 0 aliphatic carbocycles. The summed E-state index contributed by atoms with van der Waals surface area (Å²) in [7, 11) is 0. The molecular formula is C21H24N2O2S. The molecule has 26 heavy (non-hydrogen) atoms. The van der Waals surface area contributed by atoms with E-state index < -0.39 is 0 Å². The van der Waals surface area contributed by atoms with Crippen molar-refractivity contribution < 1.29 is 9.53 Å². The Balaban J connectivity index is 1.37. The van der Waals surface area contributed by atoms with Gasteiger partial charge in [0.2, 0.25) is 0 Å². The average molecular weight is 369 g/mol. The summed E-state index contributed by atoms with van der Waals surface area (Å²) in [6, 6.07) is 10.7. The molecule has 2 saturated heterocycles. The van der Waals surface area contributed by atoms with Crippen LogP contribution in [0.5, 0.6) is 5.75 Å². The normalized spacial score (nSPS) is 22.6. The number of benzene rings is 1. The fourth-order valence-electron chi connectivity index (χ4n) is 4.50. The maximum atomic E-state index is 13.2. The average Bonchev–Trinajstić information content (AvgIpc) is 3.37. The molecule has 4 nitrogen and oxygen atoms in total. The molecule has 0 spiro atoms. The number of ether oxygens (including phenoxy) is 1. The number of likely N-dealkylation sites (tertiary alicyclic amines) is 2. The lowest BCUT2D eigenvalue weighted by Crippen LogP contribution is -2.48. The number of carbonyl (C=O) groups is 1. The zero-order valence-corrected chi connectivity index (χ0v) is 15.8. The molecule has 3 aliphatic heterocycles. The summed E-state index contributed by atoms with van der Waals surface area (Å²) in [5.41, 5.74) is 2.26. The minimum atomic E-state index is 0.200. The van der Waals surface area contributed by atoms with Crippen LogP contribution in [0.2, 0.25) is 0 Å². The third-order valence-electron chi connectivity index (χ3n) is 5.88. The van der Waals surface area contributed by atoms with Crippen LogP contribution in [0.1, 0.15) is 40.9 Å². The predicted molar refractivity (Wildman–Crippen MR) is 104 cm³/mol. The fourth-order valence-corrected chi connectivity index (χ4v) is 5.67. The van der Waals surface area contributed by atoms with Gasteiger partial charge in [0, 0.05) is 35.1 Å². The van der Waals surface area contributed by atoms with Crippen LogP contribution in [-0.2, 0) is 6.61 Å². The summed E-state index contributed by atoms with van der Waals surface area (Å²) in [6.45, 7) is 4.74. The molecule has 2 aromatic rings. The number of thiophene rings is 1. The van der Waals surface area contributed by atoms with E-state index in [1.54, 1.807) is 11.3 Å². The van der Waals surface area contributed by atoms with Crippen LogP contribution in [0.3, 0.4) is 0 Å². The van der Waals surface area contributed by atoms with Crippen molar-refractivity contribution in [3.05, 3.63) is 40.8 Å². The maximum Gasteiger partial charge on any atom is 0.264 e. The monoisotopic (exact) mass is 368 g/mol. The molecule has 0 N–H and O–H groups in total. The molecule has 5 rings (SSSR count). The molecule has 0 radical (unpaired) electrons. The summed E-state index contributed by atoms with van der Waals surface area (Å²) in [5, 5.41) is 0. The zero-order chi connectivity index (χ0) is 17.5. The van der Waals surface area contributed by atoms with Gasteiger partial charge in [-0.25, -0.2) is 0 Å². The van der Waals surface area contributed by atoms with Crippen LogP contribution >= 0.6 is 11.3 Å². The van der Waals surface area contributed by atoms with Crippen molar-refractivity contribution >= 4 is 17.2 Å². The Morgan fingerprint density at radius 3 is 2.85 bits per heavy atom. The first kappa shape index (κ1) is 16.3. The maximum absolute atomic E-state index is 13.2. The van der Waals surface area contributed by atoms with Gasteiger partial charge < -0.3 is 9.64 Å². The van der Waals surface area contributed by atoms with E-state index in [1.807, 2.05) is 18.2 Å². The van der Waals surface area contributed by atoms with Gasteiger partial charge in [-0.1, -0.05) is 12.1 Å². The van der Waals surface area contributed by atoms with E-state index in [9.17, 15) is 4.79 Å². The summed E-state index contributed by atoms with van der Waals surface area (Å²) < 4.78 is 5.85. The Hall–Kier alpha value is -1.85. The van der Waals surface area contributed by atoms with Crippen LogP contribution in [0.25, 0.3) is 10.4 Å². The Morgan fingerprint density at radius 2 is 1.96 bits per heavy atom. The number of piperidine rings is 1. The van der Waals surface area contributed by atoms with Gasteiger partial charge in [-0.05, 0) is 57.0 Å². The van der Waals surface area contributed by atoms with Crippen LogP contribution in [-0.4, -0.2) is 47.9 Å². The minimum Gasteiger partial charge on any atom is -0.488 e. The van der Waals surface area contributed by atoms with Gasteiger partial charge in [0.05, 0.1) is 4.88 Å². The van der Waals surface area contributed by atoms with E-state index in [4.69, 9.17) is 4.74 Å². The summed E-state index contributed by atoms with van der Waals surface area (Å²) >= 11 is 1.63. The van der Waals surface area contributed by atoms with E-state index in [1.165, 1.54) is 37.2 Å². The first-order chi connectivity index (χ1) is 12.8. The lowest BCUT2D eigenvalue weighted by molar-refractivity contribution is 0.0612. The number of fused-ring (bicyclic) bond motifs is 3. The van der Waals surface area contributed by atoms with Gasteiger partial charge in [-0.2, -0.15) is 0 Å². The van der Waals surface area contributed by atoms with Gasteiger partial charge in [-0.3, -0.25) is 9.69 Å². The van der Waals surface area contributed by atoms with Crippen LogP contribution in [0.15, 0.2) is 30.3 Å². The van der Waals surface area contributed by atoms with Crippen molar-refractivity contribution in [3.8, 4) is 16.2 Å². The fraction of sp³-hybridized carbons (Fsp3) is 0.476. The molecule has 0 saturated carbocycles.